The highest BCUT2D eigenvalue weighted by Gasteiger charge is 2.11. The highest BCUT2D eigenvalue weighted by molar-refractivity contribution is 5.63. The van der Waals surface area contributed by atoms with Gasteiger partial charge in [-0.05, 0) is 60.2 Å². The maximum absolute atomic E-state index is 4.25. The van der Waals surface area contributed by atoms with Crippen LogP contribution in [-0.4, -0.2) is 4.98 Å². The van der Waals surface area contributed by atoms with Gasteiger partial charge >= 0.3 is 0 Å². The number of nitrogens with zero attached hydrogens (tertiary/aromatic N) is 1. The lowest BCUT2D eigenvalue weighted by Crippen LogP contribution is -2.16. The summed E-state index contributed by atoms with van der Waals surface area (Å²) in [5, 5.41) is 6.52. The third-order valence-corrected chi connectivity index (χ3v) is 5.23. The van der Waals surface area contributed by atoms with Crippen LogP contribution in [0.25, 0.3) is 5.70 Å². The van der Waals surface area contributed by atoms with Crippen LogP contribution in [0.3, 0.4) is 0 Å². The largest absolute Gasteiger partial charge is 0.342 e. The average Bonchev–Trinajstić information content (AvgIpc) is 2.75. The first-order valence-electron chi connectivity index (χ1n) is 10.5. The number of benzene rings is 1. The number of hydrogen-bond acceptors (Lipinski definition) is 3. The molecule has 0 saturated heterocycles. The van der Waals surface area contributed by atoms with Gasteiger partial charge in [0, 0.05) is 35.3 Å². The first kappa shape index (κ1) is 21.4. The lowest BCUT2D eigenvalue weighted by molar-refractivity contribution is 0.664. The molecule has 0 saturated carbocycles. The van der Waals surface area contributed by atoms with E-state index in [0.29, 0.717) is 11.7 Å². The molecule has 3 nitrogen and oxygen atoms in total. The minimum atomic E-state index is 0.506. The van der Waals surface area contributed by atoms with Gasteiger partial charge in [-0.15, -0.1) is 0 Å². The van der Waals surface area contributed by atoms with Gasteiger partial charge in [-0.1, -0.05) is 63.4 Å². The van der Waals surface area contributed by atoms with E-state index < -0.39 is 0 Å². The second-order valence-corrected chi connectivity index (χ2v) is 7.70. The van der Waals surface area contributed by atoms with E-state index in [-0.39, 0.29) is 0 Å². The normalized spacial score (nSPS) is 15.4. The molecule has 1 aliphatic rings. The molecule has 1 atom stereocenters. The molecule has 0 radical (unpaired) electrons. The van der Waals surface area contributed by atoms with E-state index in [1.807, 2.05) is 18.2 Å². The maximum Gasteiger partial charge on any atom is 0.100 e. The molecule has 3 rings (SSSR count). The fraction of sp³-hybridized carbons (Fsp3) is 0.222. The minimum Gasteiger partial charge on any atom is -0.342 e. The highest BCUT2D eigenvalue weighted by Crippen LogP contribution is 2.27. The molecule has 154 valence electrons. The molecule has 3 heteroatoms. The number of aromatic nitrogens is 1. The van der Waals surface area contributed by atoms with Crippen LogP contribution in [-0.2, 0) is 6.42 Å². The van der Waals surface area contributed by atoms with Gasteiger partial charge in [0.25, 0.3) is 0 Å². The third-order valence-electron chi connectivity index (χ3n) is 5.23. The van der Waals surface area contributed by atoms with Gasteiger partial charge in [-0.3, -0.25) is 4.98 Å². The summed E-state index contributed by atoms with van der Waals surface area (Å²) in [7, 11) is 0. The van der Waals surface area contributed by atoms with Crippen molar-refractivity contribution in [2.75, 3.05) is 5.32 Å². The molecule has 0 bridgehead atoms. The molecule has 1 aliphatic carbocycles. The van der Waals surface area contributed by atoms with Gasteiger partial charge in [0.15, 0.2) is 0 Å². The van der Waals surface area contributed by atoms with E-state index >= 15 is 0 Å². The van der Waals surface area contributed by atoms with E-state index in [0.717, 1.165) is 29.8 Å². The Morgan fingerprint density at radius 3 is 2.73 bits per heavy atom. The first-order valence-corrected chi connectivity index (χ1v) is 10.5. The van der Waals surface area contributed by atoms with Crippen LogP contribution in [0.4, 0.5) is 5.69 Å². The second-order valence-electron chi connectivity index (χ2n) is 7.70. The van der Waals surface area contributed by atoms with Crippen molar-refractivity contribution in [3.05, 3.63) is 115 Å². The minimum absolute atomic E-state index is 0.506. The Balaban J connectivity index is 1.53. The molecule has 0 aliphatic heterocycles. The average molecular weight is 398 g/mol. The van der Waals surface area contributed by atoms with Crippen molar-refractivity contribution in [1.82, 2.24) is 10.3 Å². The molecule has 1 heterocycles. The molecule has 2 N–H and O–H groups in total. The van der Waals surface area contributed by atoms with Crippen molar-refractivity contribution in [2.45, 2.75) is 32.6 Å². The number of aryl methyl sites for hydroxylation is 1. The number of pyridine rings is 1. The van der Waals surface area contributed by atoms with Crippen molar-refractivity contribution in [2.24, 2.45) is 5.92 Å². The molecule has 30 heavy (non-hydrogen) atoms. The third kappa shape index (κ3) is 6.08. The number of allylic oxidation sites excluding steroid dienone is 5. The lowest BCUT2D eigenvalue weighted by atomic mass is 9.87. The summed E-state index contributed by atoms with van der Waals surface area (Å²) in [6, 6.07) is 12.3. The summed E-state index contributed by atoms with van der Waals surface area (Å²) in [5.74, 6) is 1.18. The Hall–Kier alpha value is -3.33. The van der Waals surface area contributed by atoms with Gasteiger partial charge < -0.3 is 10.6 Å². The summed E-state index contributed by atoms with van der Waals surface area (Å²) in [4.78, 5) is 4.12. The van der Waals surface area contributed by atoms with Crippen LogP contribution in [0.5, 0.6) is 0 Å². The van der Waals surface area contributed by atoms with Gasteiger partial charge in [-0.25, -0.2) is 0 Å². The fourth-order valence-corrected chi connectivity index (χ4v) is 3.60. The molecule has 0 amide bonds. The van der Waals surface area contributed by atoms with Gasteiger partial charge in [-0.2, -0.15) is 0 Å². The van der Waals surface area contributed by atoms with Crippen molar-refractivity contribution in [1.29, 1.82) is 0 Å². The van der Waals surface area contributed by atoms with Crippen LogP contribution in [0.15, 0.2) is 104 Å². The SMILES string of the molecule is C=C(NC(=C)c1cccnc1)Nc1cccc(CCC2=CC(=C)C(CCC)C=C2)c1. The van der Waals surface area contributed by atoms with E-state index in [4.69, 9.17) is 0 Å². The highest BCUT2D eigenvalue weighted by atomic mass is 15.1. The van der Waals surface area contributed by atoms with E-state index in [1.165, 1.54) is 29.6 Å². The van der Waals surface area contributed by atoms with Crippen LogP contribution >= 0.6 is 0 Å². The zero-order valence-electron chi connectivity index (χ0n) is 17.8. The van der Waals surface area contributed by atoms with Gasteiger partial charge in [0.1, 0.15) is 5.82 Å². The first-order chi connectivity index (χ1) is 14.5. The number of hydrogen-bond donors (Lipinski definition) is 2. The topological polar surface area (TPSA) is 37.0 Å². The van der Waals surface area contributed by atoms with Gasteiger partial charge in [0.2, 0.25) is 0 Å². The predicted octanol–water partition coefficient (Wildman–Crippen LogP) is 6.63. The molecule has 0 spiro atoms. The standard InChI is InChI=1S/C27H31N3/c1-5-8-25-15-14-24(17-20(25)2)13-12-23-9-6-11-27(18-23)30-22(4)29-21(3)26-10-7-16-28-19-26/h6-7,9-11,14-19,25,29-30H,2-5,8,12-13H2,1H3. The molecular formula is C27H31N3. The Bertz CT molecular complexity index is 967. The summed E-state index contributed by atoms with van der Waals surface area (Å²) < 4.78 is 0. The summed E-state index contributed by atoms with van der Waals surface area (Å²) in [6.07, 6.45) is 14.7. The molecular weight excluding hydrogens is 366 g/mol. The lowest BCUT2D eigenvalue weighted by Gasteiger charge is -2.18. The van der Waals surface area contributed by atoms with Crippen molar-refractivity contribution >= 4 is 11.4 Å². The smallest absolute Gasteiger partial charge is 0.100 e. The van der Waals surface area contributed by atoms with Crippen molar-refractivity contribution < 1.29 is 0 Å². The molecule has 1 aromatic heterocycles. The van der Waals surface area contributed by atoms with Crippen molar-refractivity contribution in [3.63, 3.8) is 0 Å². The Kier molecular flexibility index (Phi) is 7.45. The number of nitrogens with one attached hydrogen (secondary N) is 2. The van der Waals surface area contributed by atoms with Crippen LogP contribution in [0, 0.1) is 5.92 Å². The molecule has 2 aromatic rings. The van der Waals surface area contributed by atoms with E-state index in [2.05, 4.69) is 78.7 Å². The van der Waals surface area contributed by atoms with Gasteiger partial charge in [0.05, 0.1) is 0 Å². The predicted molar refractivity (Wildman–Crippen MR) is 129 cm³/mol. The molecule has 0 fully saturated rings. The Morgan fingerprint density at radius 1 is 1.13 bits per heavy atom. The van der Waals surface area contributed by atoms with Crippen LogP contribution in [0.2, 0.25) is 0 Å². The van der Waals surface area contributed by atoms with Crippen molar-refractivity contribution in [3.8, 4) is 0 Å². The zero-order chi connectivity index (χ0) is 21.3. The number of rotatable bonds is 10. The fourth-order valence-electron chi connectivity index (χ4n) is 3.60. The molecule has 1 unspecified atom stereocenters. The number of anilines is 1. The van der Waals surface area contributed by atoms with Crippen LogP contribution in [0.1, 0.15) is 37.3 Å². The van der Waals surface area contributed by atoms with E-state index in [9.17, 15) is 0 Å². The van der Waals surface area contributed by atoms with Crippen LogP contribution < -0.4 is 10.6 Å². The maximum atomic E-state index is 4.25. The summed E-state index contributed by atoms with van der Waals surface area (Å²) in [5.41, 5.74) is 6.57. The van der Waals surface area contributed by atoms with E-state index in [1.54, 1.807) is 12.4 Å². The summed E-state index contributed by atoms with van der Waals surface area (Å²) >= 11 is 0. The quantitative estimate of drug-likeness (QED) is 0.473. The molecule has 1 aromatic carbocycles. The Labute approximate surface area is 180 Å². The Morgan fingerprint density at radius 2 is 2.00 bits per heavy atom. The second kappa shape index (κ2) is 10.4. The summed E-state index contributed by atoms with van der Waals surface area (Å²) in [6.45, 7) is 14.6. The monoisotopic (exact) mass is 397 g/mol. The zero-order valence-corrected chi connectivity index (χ0v) is 17.8.